The lowest BCUT2D eigenvalue weighted by atomic mass is 10.3. The van der Waals surface area contributed by atoms with Crippen molar-refractivity contribution in [3.63, 3.8) is 0 Å². The van der Waals surface area contributed by atoms with E-state index in [4.69, 9.17) is 28.3 Å². The van der Waals surface area contributed by atoms with Crippen LogP contribution in [-0.4, -0.2) is 18.7 Å². The normalized spacial score (nSPS) is 13.2. The Labute approximate surface area is 103 Å². The number of phosphoric acid groups is 1. The van der Waals surface area contributed by atoms with E-state index in [1.54, 1.807) is 6.92 Å². The van der Waals surface area contributed by atoms with Gasteiger partial charge in [0.25, 0.3) is 0 Å². The molecule has 0 aliphatic carbocycles. The summed E-state index contributed by atoms with van der Waals surface area (Å²) in [6.45, 7) is 4.77. The molecule has 94 valence electrons. The molecule has 0 bridgehead atoms. The van der Waals surface area contributed by atoms with Gasteiger partial charge in [0, 0.05) is 6.08 Å². The summed E-state index contributed by atoms with van der Waals surface area (Å²) in [6.07, 6.45) is 0.657. The zero-order valence-electron chi connectivity index (χ0n) is 8.43. The van der Waals surface area contributed by atoms with Crippen molar-refractivity contribution >= 4 is 37.5 Å². The Morgan fingerprint density at radius 1 is 1.50 bits per heavy atom. The van der Waals surface area contributed by atoms with Crippen molar-refractivity contribution in [2.24, 2.45) is 0 Å². The predicted molar refractivity (Wildman–Crippen MR) is 57.8 cm³/mol. The van der Waals surface area contributed by atoms with Gasteiger partial charge >= 0.3 is 13.8 Å². The molecule has 1 atom stereocenters. The largest absolute Gasteiger partial charge is 0.508 e. The molecule has 0 aromatic heterocycles. The van der Waals surface area contributed by atoms with Crippen LogP contribution in [0.25, 0.3) is 0 Å². The molecule has 0 saturated heterocycles. The topological polar surface area (TPSA) is 71.1 Å². The van der Waals surface area contributed by atoms with Crippen LogP contribution in [-0.2, 0) is 26.8 Å². The van der Waals surface area contributed by atoms with E-state index in [-0.39, 0.29) is 6.61 Å². The maximum atomic E-state index is 11.3. The van der Waals surface area contributed by atoms with Gasteiger partial charge in [0.1, 0.15) is 12.7 Å². The number of hydrogen-bond acceptors (Lipinski definition) is 6. The van der Waals surface area contributed by atoms with Gasteiger partial charge in [0.05, 0.1) is 23.7 Å². The summed E-state index contributed by atoms with van der Waals surface area (Å²) in [6, 6.07) is 0. The average Bonchev–Trinajstić information content (AvgIpc) is 2.33. The molecule has 0 aliphatic rings. The minimum atomic E-state index is -4.01. The highest BCUT2D eigenvalue weighted by atomic mass is 35.5. The van der Waals surface area contributed by atoms with Crippen LogP contribution in [0.3, 0.4) is 0 Å². The summed E-state index contributed by atoms with van der Waals surface area (Å²) in [5.74, 6) is -0.629. The van der Waals surface area contributed by atoms with Crippen molar-refractivity contribution < 1.29 is 26.8 Å². The molecule has 16 heavy (non-hydrogen) atoms. The number of carbonyl (C=O) groups excluding carboxylic acids is 1. The summed E-state index contributed by atoms with van der Waals surface area (Å²) >= 11 is 9.76. The van der Waals surface area contributed by atoms with Crippen LogP contribution in [0.5, 0.6) is 0 Å². The third kappa shape index (κ3) is 5.84. The lowest BCUT2D eigenvalue weighted by Gasteiger charge is -2.17. The van der Waals surface area contributed by atoms with Crippen LogP contribution in [0.15, 0.2) is 12.7 Å². The Balaban J connectivity index is 4.24. The fraction of sp³-hybridized carbons (Fsp3) is 0.571. The van der Waals surface area contributed by atoms with E-state index in [0.717, 1.165) is 6.08 Å². The summed E-state index contributed by atoms with van der Waals surface area (Å²) in [4.78, 5) is 10.8. The lowest BCUT2D eigenvalue weighted by molar-refractivity contribution is -0.140. The van der Waals surface area contributed by atoms with Crippen molar-refractivity contribution in [3.8, 4) is 0 Å². The van der Waals surface area contributed by atoms with E-state index in [1.165, 1.54) is 0 Å². The Bertz CT molecular complexity index is 276. The molecule has 1 unspecified atom stereocenters. The Morgan fingerprint density at radius 3 is 2.44 bits per heavy atom. The summed E-state index contributed by atoms with van der Waals surface area (Å²) in [5.41, 5.74) is 0. The highest BCUT2D eigenvalue weighted by Gasteiger charge is 2.31. The number of hydrogen-bond donors (Lipinski definition) is 0. The van der Waals surface area contributed by atoms with Crippen LogP contribution in [0.4, 0.5) is 0 Å². The molecule has 0 N–H and O–H groups in total. The van der Waals surface area contributed by atoms with Gasteiger partial charge in [-0.05, 0) is 6.42 Å². The van der Waals surface area contributed by atoms with Gasteiger partial charge in [0.15, 0.2) is 0 Å². The molecular formula is C7H11Cl2O6P. The van der Waals surface area contributed by atoms with Crippen molar-refractivity contribution in [1.82, 2.24) is 0 Å². The van der Waals surface area contributed by atoms with Gasteiger partial charge in [-0.2, -0.15) is 8.15 Å². The highest BCUT2D eigenvalue weighted by Crippen LogP contribution is 2.53. The third-order valence-electron chi connectivity index (χ3n) is 1.48. The first kappa shape index (κ1) is 15.9. The SMILES string of the molecule is C=CC(=O)OCC(CC)OP(=O)(OCl)OCl. The van der Waals surface area contributed by atoms with Crippen LogP contribution >= 0.6 is 31.6 Å². The zero-order valence-corrected chi connectivity index (χ0v) is 10.8. The van der Waals surface area contributed by atoms with Gasteiger partial charge in [-0.25, -0.2) is 9.36 Å². The molecule has 0 aromatic carbocycles. The number of rotatable bonds is 8. The monoisotopic (exact) mass is 292 g/mol. The molecule has 6 nitrogen and oxygen atoms in total. The number of carbonyl (C=O) groups is 1. The van der Waals surface area contributed by atoms with E-state index in [0.29, 0.717) is 6.42 Å². The molecule has 0 amide bonds. The van der Waals surface area contributed by atoms with E-state index in [2.05, 4.69) is 19.5 Å². The second-order valence-electron chi connectivity index (χ2n) is 2.56. The van der Waals surface area contributed by atoms with E-state index < -0.39 is 19.9 Å². The first-order chi connectivity index (χ1) is 7.51. The lowest BCUT2D eigenvalue weighted by Crippen LogP contribution is -2.20. The summed E-state index contributed by atoms with van der Waals surface area (Å²) in [7, 11) is -4.01. The molecule has 0 aliphatic heterocycles. The Hall–Kier alpha value is -0.100. The number of halogens is 2. The van der Waals surface area contributed by atoms with E-state index in [9.17, 15) is 9.36 Å². The van der Waals surface area contributed by atoms with Gasteiger partial charge < -0.3 is 4.74 Å². The quantitative estimate of drug-likeness (QED) is 0.389. The van der Waals surface area contributed by atoms with Crippen molar-refractivity contribution in [2.75, 3.05) is 6.61 Å². The van der Waals surface area contributed by atoms with Gasteiger partial charge in [0.2, 0.25) is 0 Å². The van der Waals surface area contributed by atoms with Crippen LogP contribution in [0, 0.1) is 0 Å². The standard InChI is InChI=1S/C7H11Cl2O6P/c1-3-6(5-12-7(10)4-2)13-16(11,14-8)15-9/h4,6H,2-3,5H2,1H3. The minimum absolute atomic E-state index is 0.147. The van der Waals surface area contributed by atoms with E-state index in [1.807, 2.05) is 0 Å². The first-order valence-electron chi connectivity index (χ1n) is 4.19. The maximum absolute atomic E-state index is 11.3. The zero-order chi connectivity index (χ0) is 12.6. The van der Waals surface area contributed by atoms with Crippen LogP contribution < -0.4 is 0 Å². The smallest absolute Gasteiger partial charge is 0.460 e. The Morgan fingerprint density at radius 2 is 2.06 bits per heavy atom. The van der Waals surface area contributed by atoms with E-state index >= 15 is 0 Å². The average molecular weight is 293 g/mol. The second kappa shape index (κ2) is 8.06. The summed E-state index contributed by atoms with van der Waals surface area (Å²) < 4.78 is 28.7. The molecule has 0 aromatic rings. The first-order valence-corrected chi connectivity index (χ1v) is 6.27. The van der Waals surface area contributed by atoms with Crippen molar-refractivity contribution in [2.45, 2.75) is 19.4 Å². The van der Waals surface area contributed by atoms with Crippen LogP contribution in [0.2, 0.25) is 0 Å². The fourth-order valence-electron chi connectivity index (χ4n) is 0.683. The fourth-order valence-corrected chi connectivity index (χ4v) is 1.79. The molecular weight excluding hydrogens is 282 g/mol. The van der Waals surface area contributed by atoms with Crippen molar-refractivity contribution in [3.05, 3.63) is 12.7 Å². The minimum Gasteiger partial charge on any atom is -0.460 e. The van der Waals surface area contributed by atoms with Gasteiger partial charge in [-0.1, -0.05) is 13.5 Å². The summed E-state index contributed by atoms with van der Waals surface area (Å²) in [5, 5.41) is 0. The number of ether oxygens (including phenoxy) is 1. The number of esters is 1. The molecule has 0 fully saturated rings. The van der Waals surface area contributed by atoms with Gasteiger partial charge in [-0.3, -0.25) is 4.52 Å². The molecule has 0 rings (SSSR count). The third-order valence-corrected chi connectivity index (χ3v) is 3.39. The highest BCUT2D eigenvalue weighted by molar-refractivity contribution is 7.50. The maximum Gasteiger partial charge on any atom is 0.508 e. The van der Waals surface area contributed by atoms with Gasteiger partial charge in [-0.15, -0.1) is 0 Å². The molecule has 0 heterocycles. The van der Waals surface area contributed by atoms with Crippen LogP contribution in [0.1, 0.15) is 13.3 Å². The Kier molecular flexibility index (Phi) is 8.01. The molecule has 0 spiro atoms. The molecule has 9 heteroatoms. The second-order valence-corrected chi connectivity index (χ2v) is 4.76. The van der Waals surface area contributed by atoms with Crippen molar-refractivity contribution in [1.29, 1.82) is 0 Å². The molecule has 0 saturated carbocycles. The predicted octanol–water partition coefficient (Wildman–Crippen LogP) is 2.96. The molecule has 0 radical (unpaired) electrons.